The summed E-state index contributed by atoms with van der Waals surface area (Å²) in [5.74, 6) is -0.576. The first kappa shape index (κ1) is 28.9. The van der Waals surface area contributed by atoms with Crippen LogP contribution in [-0.4, -0.2) is 53.3 Å². The van der Waals surface area contributed by atoms with Gasteiger partial charge in [0, 0.05) is 49.4 Å². The third kappa shape index (κ3) is 7.75. The lowest BCUT2D eigenvalue weighted by Crippen LogP contribution is -2.32. The number of para-hydroxylation sites is 1. The molecule has 0 fully saturated rings. The summed E-state index contributed by atoms with van der Waals surface area (Å²) in [4.78, 5) is 29.3. The van der Waals surface area contributed by atoms with E-state index in [0.29, 0.717) is 19.6 Å². The number of nitrogens with one attached hydrogen (secondary N) is 3. The second-order valence-corrected chi connectivity index (χ2v) is 10.3. The molecule has 1 aliphatic rings. The molecule has 1 aromatic heterocycles. The van der Waals surface area contributed by atoms with Crippen molar-refractivity contribution in [2.45, 2.75) is 25.8 Å². The van der Waals surface area contributed by atoms with Crippen molar-refractivity contribution in [2.24, 2.45) is 0 Å². The van der Waals surface area contributed by atoms with E-state index in [9.17, 15) is 9.59 Å². The van der Waals surface area contributed by atoms with Crippen molar-refractivity contribution in [1.29, 1.82) is 0 Å². The Labute approximate surface area is 245 Å². The highest BCUT2D eigenvalue weighted by atomic mass is 16.5. The first-order valence-corrected chi connectivity index (χ1v) is 14.3. The average molecular weight is 565 g/mol. The zero-order chi connectivity index (χ0) is 29.1. The number of hydroxylamine groups is 1. The number of rotatable bonds is 13. The van der Waals surface area contributed by atoms with Gasteiger partial charge in [0.05, 0.1) is 0 Å². The molecule has 4 N–H and O–H groups in total. The highest BCUT2D eigenvalue weighted by Crippen LogP contribution is 2.29. The van der Waals surface area contributed by atoms with Crippen LogP contribution in [0.3, 0.4) is 0 Å². The van der Waals surface area contributed by atoms with Crippen LogP contribution in [0, 0.1) is 0 Å². The number of alkyl carbamates (subject to hydrolysis) is 1. The van der Waals surface area contributed by atoms with Gasteiger partial charge < -0.3 is 15.0 Å². The number of carbonyl (C=O) groups is 2. The van der Waals surface area contributed by atoms with Crippen LogP contribution in [0.2, 0.25) is 0 Å². The molecule has 0 spiro atoms. The standard InChI is InChI=1S/C34H36N4O4/c39-33(37-41)16-13-25-9-11-26(12-10-25)24-38(20-18-29-23-36-32-8-4-3-7-31(29)32)21-22-42-34(40)35-19-17-28-15-14-27-5-1-2-6-30(27)28/h1-13,15-16,23,36,41H,14,17-22,24H2,(H,35,40)(H,37,39)/b16-13+. The topological polar surface area (TPSA) is 107 Å². The first-order valence-electron chi connectivity index (χ1n) is 14.3. The Balaban J connectivity index is 1.14. The number of amides is 2. The predicted molar refractivity (Wildman–Crippen MR) is 165 cm³/mol. The molecule has 216 valence electrons. The summed E-state index contributed by atoms with van der Waals surface area (Å²) in [5.41, 5.74) is 9.79. The van der Waals surface area contributed by atoms with E-state index < -0.39 is 12.0 Å². The van der Waals surface area contributed by atoms with E-state index in [1.165, 1.54) is 33.7 Å². The SMILES string of the molecule is O=C(/C=C/c1ccc(CN(CCOC(=O)NCCC2=CCc3ccccc32)CCc2c[nH]c3ccccc23)cc1)NO. The predicted octanol–water partition coefficient (Wildman–Crippen LogP) is 5.49. The Morgan fingerprint density at radius 2 is 1.79 bits per heavy atom. The molecular weight excluding hydrogens is 528 g/mol. The second-order valence-electron chi connectivity index (χ2n) is 10.3. The minimum atomic E-state index is -0.576. The van der Waals surface area contributed by atoms with Gasteiger partial charge in [-0.05, 0) is 64.8 Å². The van der Waals surface area contributed by atoms with Crippen molar-refractivity contribution >= 4 is 34.6 Å². The zero-order valence-corrected chi connectivity index (χ0v) is 23.5. The van der Waals surface area contributed by atoms with Gasteiger partial charge in [0.1, 0.15) is 6.61 Å². The molecule has 0 aliphatic heterocycles. The fourth-order valence-electron chi connectivity index (χ4n) is 5.30. The molecule has 3 aromatic carbocycles. The normalized spacial score (nSPS) is 12.5. The molecular formula is C34H36N4O4. The molecule has 5 rings (SSSR count). The smallest absolute Gasteiger partial charge is 0.407 e. The van der Waals surface area contributed by atoms with Gasteiger partial charge in [-0.2, -0.15) is 0 Å². The van der Waals surface area contributed by atoms with Crippen LogP contribution in [0.15, 0.2) is 91.1 Å². The van der Waals surface area contributed by atoms with Crippen LogP contribution in [0.4, 0.5) is 4.79 Å². The fourth-order valence-corrected chi connectivity index (χ4v) is 5.30. The minimum absolute atomic E-state index is 0.280. The lowest BCUT2D eigenvalue weighted by Gasteiger charge is -2.22. The molecule has 1 aliphatic carbocycles. The molecule has 42 heavy (non-hydrogen) atoms. The molecule has 0 unspecified atom stereocenters. The third-order valence-electron chi connectivity index (χ3n) is 7.53. The summed E-state index contributed by atoms with van der Waals surface area (Å²) < 4.78 is 5.55. The molecule has 0 saturated carbocycles. The first-order chi connectivity index (χ1) is 20.6. The molecule has 0 saturated heterocycles. The van der Waals surface area contributed by atoms with E-state index >= 15 is 0 Å². The maximum Gasteiger partial charge on any atom is 0.407 e. The number of hydrogen-bond donors (Lipinski definition) is 4. The summed E-state index contributed by atoms with van der Waals surface area (Å²) in [6.07, 6.45) is 9.38. The highest BCUT2D eigenvalue weighted by molar-refractivity contribution is 5.90. The average Bonchev–Trinajstić information content (AvgIpc) is 3.63. The molecule has 8 heteroatoms. The van der Waals surface area contributed by atoms with Gasteiger partial charge in [-0.25, -0.2) is 10.3 Å². The summed E-state index contributed by atoms with van der Waals surface area (Å²) in [7, 11) is 0. The molecule has 1 heterocycles. The van der Waals surface area contributed by atoms with Crippen molar-refractivity contribution < 1.29 is 19.5 Å². The van der Waals surface area contributed by atoms with Gasteiger partial charge in [0.2, 0.25) is 0 Å². The Hall–Kier alpha value is -4.66. The van der Waals surface area contributed by atoms with Gasteiger partial charge in [-0.3, -0.25) is 14.9 Å². The van der Waals surface area contributed by atoms with Crippen molar-refractivity contribution in [1.82, 2.24) is 20.7 Å². The largest absolute Gasteiger partial charge is 0.448 e. The number of aromatic nitrogens is 1. The molecule has 4 aromatic rings. The van der Waals surface area contributed by atoms with Gasteiger partial charge >= 0.3 is 6.09 Å². The number of allylic oxidation sites excluding steroid dienone is 1. The summed E-state index contributed by atoms with van der Waals surface area (Å²) in [6.45, 7) is 2.87. The number of aromatic amines is 1. The van der Waals surface area contributed by atoms with Crippen LogP contribution < -0.4 is 10.8 Å². The van der Waals surface area contributed by atoms with Crippen LogP contribution in [0.5, 0.6) is 0 Å². The van der Waals surface area contributed by atoms with Crippen molar-refractivity contribution in [3.63, 3.8) is 0 Å². The molecule has 0 radical (unpaired) electrons. The molecule has 0 atom stereocenters. The van der Waals surface area contributed by atoms with E-state index in [1.807, 2.05) is 36.4 Å². The van der Waals surface area contributed by atoms with Crippen molar-refractivity contribution in [2.75, 3.05) is 26.2 Å². The van der Waals surface area contributed by atoms with Crippen molar-refractivity contribution in [3.8, 4) is 0 Å². The fraction of sp³-hybridized carbons (Fsp3) is 0.235. The van der Waals surface area contributed by atoms with Crippen LogP contribution in [0.1, 0.15) is 34.2 Å². The zero-order valence-electron chi connectivity index (χ0n) is 23.5. The van der Waals surface area contributed by atoms with Gasteiger partial charge in [-0.15, -0.1) is 0 Å². The number of nitrogens with zero attached hydrogens (tertiary/aromatic N) is 1. The molecule has 2 amide bonds. The Morgan fingerprint density at radius 3 is 2.64 bits per heavy atom. The Bertz CT molecular complexity index is 1570. The van der Waals surface area contributed by atoms with Crippen molar-refractivity contribution in [3.05, 3.63) is 119 Å². The summed E-state index contributed by atoms with van der Waals surface area (Å²) >= 11 is 0. The van der Waals surface area contributed by atoms with E-state index in [0.717, 1.165) is 42.5 Å². The Kier molecular flexibility index (Phi) is 9.82. The third-order valence-corrected chi connectivity index (χ3v) is 7.53. The Morgan fingerprint density at radius 1 is 0.976 bits per heavy atom. The highest BCUT2D eigenvalue weighted by Gasteiger charge is 2.14. The van der Waals surface area contributed by atoms with E-state index in [1.54, 1.807) is 11.6 Å². The number of hydrogen-bond acceptors (Lipinski definition) is 5. The van der Waals surface area contributed by atoms with E-state index in [-0.39, 0.29) is 6.61 Å². The molecule has 8 nitrogen and oxygen atoms in total. The lowest BCUT2D eigenvalue weighted by molar-refractivity contribution is -0.124. The van der Waals surface area contributed by atoms with E-state index in [4.69, 9.17) is 9.94 Å². The summed E-state index contributed by atoms with van der Waals surface area (Å²) in [6, 6.07) is 24.5. The quantitative estimate of drug-likeness (QED) is 0.0977. The molecule has 0 bridgehead atoms. The van der Waals surface area contributed by atoms with Crippen LogP contribution in [-0.2, 0) is 28.9 Å². The maximum atomic E-state index is 12.4. The maximum absolute atomic E-state index is 12.4. The second kappa shape index (κ2) is 14.3. The lowest BCUT2D eigenvalue weighted by atomic mass is 10.0. The number of carbonyl (C=O) groups excluding carboxylic acids is 2. The van der Waals surface area contributed by atoms with Crippen LogP contribution in [0.25, 0.3) is 22.6 Å². The minimum Gasteiger partial charge on any atom is -0.448 e. The van der Waals surface area contributed by atoms with Gasteiger partial charge in [0.15, 0.2) is 0 Å². The monoisotopic (exact) mass is 564 g/mol. The number of H-pyrrole nitrogens is 1. The van der Waals surface area contributed by atoms with Gasteiger partial charge in [-0.1, -0.05) is 72.8 Å². The van der Waals surface area contributed by atoms with Gasteiger partial charge in [0.25, 0.3) is 5.91 Å². The number of benzene rings is 3. The van der Waals surface area contributed by atoms with E-state index in [2.05, 4.69) is 63.9 Å². The number of fused-ring (bicyclic) bond motifs is 2. The van der Waals surface area contributed by atoms with Crippen LogP contribution >= 0.6 is 0 Å². The number of ether oxygens (including phenoxy) is 1. The summed E-state index contributed by atoms with van der Waals surface area (Å²) in [5, 5.41) is 12.8.